The molecule has 24 heavy (non-hydrogen) atoms. The molecule has 1 aliphatic carbocycles. The molecule has 1 heterocycles. The number of benzene rings is 2. The van der Waals surface area contributed by atoms with Gasteiger partial charge in [0.15, 0.2) is 5.78 Å². The van der Waals surface area contributed by atoms with E-state index in [1.165, 1.54) is 0 Å². The largest absolute Gasteiger partial charge is 0.508 e. The van der Waals surface area contributed by atoms with Crippen LogP contribution in [0.5, 0.6) is 5.75 Å². The van der Waals surface area contributed by atoms with E-state index in [2.05, 4.69) is 17.2 Å². The Kier molecular flexibility index (Phi) is 3.38. The molecule has 1 aliphatic heterocycles. The van der Waals surface area contributed by atoms with Gasteiger partial charge in [-0.3, -0.25) is 4.79 Å². The summed E-state index contributed by atoms with van der Waals surface area (Å²) in [6, 6.07) is 14.7. The fraction of sp³-hybridized carbons (Fsp3) is 0.150. The zero-order valence-electron chi connectivity index (χ0n) is 13.2. The first kappa shape index (κ1) is 14.6. The number of phenolic OH excluding ortho intramolecular Hbond substituents is 1. The normalized spacial score (nSPS) is 19.8. The Morgan fingerprint density at radius 2 is 1.71 bits per heavy atom. The van der Waals surface area contributed by atoms with Gasteiger partial charge in [0.25, 0.3) is 0 Å². The highest BCUT2D eigenvalue weighted by molar-refractivity contribution is 6.02. The average molecular weight is 318 g/mol. The Hall–Kier alpha value is -3.01. The summed E-state index contributed by atoms with van der Waals surface area (Å²) < 4.78 is 0. The second kappa shape index (κ2) is 5.57. The van der Waals surface area contributed by atoms with Gasteiger partial charge in [0, 0.05) is 24.1 Å². The molecule has 2 aromatic carbocycles. The molecule has 4 nitrogen and oxygen atoms in total. The maximum Gasteiger partial charge on any atom is 0.167 e. The number of fused-ring (bicyclic) bond motifs is 1. The number of allylic oxidation sites excluding steroid dienone is 1. The molecule has 1 unspecified atom stereocenters. The monoisotopic (exact) mass is 318 g/mol. The molecular weight excluding hydrogens is 300 g/mol. The lowest BCUT2D eigenvalue weighted by Crippen LogP contribution is -2.24. The Balaban J connectivity index is 1.88. The summed E-state index contributed by atoms with van der Waals surface area (Å²) in [4.78, 5) is 12.7. The van der Waals surface area contributed by atoms with E-state index >= 15 is 0 Å². The Bertz CT molecular complexity index is 865. The van der Waals surface area contributed by atoms with Crippen LogP contribution in [0.15, 0.2) is 72.0 Å². The first-order valence-corrected chi connectivity index (χ1v) is 7.96. The number of phenols is 1. The summed E-state index contributed by atoms with van der Waals surface area (Å²) >= 11 is 0. The molecule has 120 valence electrons. The minimum Gasteiger partial charge on any atom is -0.508 e. The summed E-state index contributed by atoms with van der Waals surface area (Å²) in [5.74, 6) is 0.301. The lowest BCUT2D eigenvalue weighted by molar-refractivity contribution is -0.115. The maximum atomic E-state index is 12.7. The molecule has 0 amide bonds. The lowest BCUT2D eigenvalue weighted by Gasteiger charge is -2.26. The molecule has 4 rings (SSSR count). The van der Waals surface area contributed by atoms with Crippen molar-refractivity contribution in [1.82, 2.24) is 0 Å². The van der Waals surface area contributed by atoms with Crippen molar-refractivity contribution in [3.63, 3.8) is 0 Å². The molecule has 0 spiro atoms. The zero-order valence-corrected chi connectivity index (χ0v) is 13.2. The van der Waals surface area contributed by atoms with Crippen molar-refractivity contribution < 1.29 is 9.90 Å². The van der Waals surface area contributed by atoms with Gasteiger partial charge in [-0.1, -0.05) is 36.4 Å². The molecule has 0 fully saturated rings. The third-order valence-electron chi connectivity index (χ3n) is 4.49. The predicted molar refractivity (Wildman–Crippen MR) is 94.9 cm³/mol. The Morgan fingerprint density at radius 1 is 1.00 bits per heavy atom. The van der Waals surface area contributed by atoms with E-state index in [1.54, 1.807) is 12.1 Å². The first-order valence-electron chi connectivity index (χ1n) is 7.96. The zero-order chi connectivity index (χ0) is 16.7. The van der Waals surface area contributed by atoms with Crippen LogP contribution >= 0.6 is 0 Å². The topological polar surface area (TPSA) is 61.4 Å². The van der Waals surface area contributed by atoms with E-state index in [-0.39, 0.29) is 17.6 Å². The van der Waals surface area contributed by atoms with Crippen LogP contribution in [-0.4, -0.2) is 10.9 Å². The highest BCUT2D eigenvalue weighted by atomic mass is 16.3. The van der Waals surface area contributed by atoms with Gasteiger partial charge in [-0.2, -0.15) is 0 Å². The van der Waals surface area contributed by atoms with Crippen LogP contribution in [0, 0.1) is 0 Å². The van der Waals surface area contributed by atoms with Gasteiger partial charge in [0.2, 0.25) is 0 Å². The van der Waals surface area contributed by atoms with Gasteiger partial charge in [-0.25, -0.2) is 0 Å². The standard InChI is InChI=1S/C20H18N2O2/c1-12-10-17-19(18(24)11-12)20(13-6-8-14(23)9-7-13)22-16-5-3-2-4-15(16)21-17/h2-9,20-23H,1,10-11H2. The second-order valence-corrected chi connectivity index (χ2v) is 6.26. The number of carbonyl (C=O) groups excluding carboxylic acids is 1. The van der Waals surface area contributed by atoms with Gasteiger partial charge >= 0.3 is 0 Å². The van der Waals surface area contributed by atoms with Crippen LogP contribution in [0.4, 0.5) is 11.4 Å². The van der Waals surface area contributed by atoms with Crippen LogP contribution in [0.1, 0.15) is 24.4 Å². The summed E-state index contributed by atoms with van der Waals surface area (Å²) in [5.41, 5.74) is 5.43. The number of hydrogen-bond donors (Lipinski definition) is 3. The average Bonchev–Trinajstić information content (AvgIpc) is 2.72. The molecule has 0 saturated heterocycles. The van der Waals surface area contributed by atoms with Crippen molar-refractivity contribution in [2.24, 2.45) is 0 Å². The molecule has 0 bridgehead atoms. The SMILES string of the molecule is C=C1CC(=O)C2=C(C1)Nc1ccccc1NC2c1ccc(O)cc1. The number of hydrogen-bond acceptors (Lipinski definition) is 4. The highest BCUT2D eigenvalue weighted by Gasteiger charge is 2.32. The number of ketones is 1. The van der Waals surface area contributed by atoms with Crippen LogP contribution in [0.25, 0.3) is 0 Å². The van der Waals surface area contributed by atoms with Crippen LogP contribution in [0.2, 0.25) is 0 Å². The van der Waals surface area contributed by atoms with Crippen molar-refractivity contribution in [3.05, 3.63) is 77.5 Å². The third kappa shape index (κ3) is 2.46. The predicted octanol–water partition coefficient (Wildman–Crippen LogP) is 4.14. The molecular formula is C20H18N2O2. The van der Waals surface area contributed by atoms with Crippen molar-refractivity contribution in [2.75, 3.05) is 10.6 Å². The number of carbonyl (C=O) groups is 1. The molecule has 0 radical (unpaired) electrons. The van der Waals surface area contributed by atoms with Crippen LogP contribution in [-0.2, 0) is 4.79 Å². The Morgan fingerprint density at radius 3 is 2.46 bits per heavy atom. The van der Waals surface area contributed by atoms with Crippen molar-refractivity contribution >= 4 is 17.2 Å². The molecule has 4 heteroatoms. The molecule has 2 aliphatic rings. The van der Waals surface area contributed by atoms with Crippen LogP contribution in [0.3, 0.4) is 0 Å². The fourth-order valence-electron chi connectivity index (χ4n) is 3.37. The molecule has 0 saturated carbocycles. The van der Waals surface area contributed by atoms with Gasteiger partial charge in [0.1, 0.15) is 5.75 Å². The Labute approximate surface area is 140 Å². The van der Waals surface area contributed by atoms with Crippen molar-refractivity contribution in [3.8, 4) is 5.75 Å². The quantitative estimate of drug-likeness (QED) is 0.692. The fourth-order valence-corrected chi connectivity index (χ4v) is 3.37. The lowest BCUT2D eigenvalue weighted by atomic mass is 9.85. The van der Waals surface area contributed by atoms with E-state index in [9.17, 15) is 9.90 Å². The number of Topliss-reactive ketones (excluding diaryl/α,β-unsaturated/α-hetero) is 1. The van der Waals surface area contributed by atoms with Crippen molar-refractivity contribution in [2.45, 2.75) is 18.9 Å². The van der Waals surface area contributed by atoms with Crippen molar-refractivity contribution in [1.29, 1.82) is 0 Å². The van der Waals surface area contributed by atoms with E-state index in [1.807, 2.05) is 36.4 Å². The van der Waals surface area contributed by atoms with E-state index in [0.717, 1.165) is 33.8 Å². The summed E-state index contributed by atoms with van der Waals surface area (Å²) in [5, 5.41) is 16.5. The highest BCUT2D eigenvalue weighted by Crippen LogP contribution is 2.41. The molecule has 0 aromatic heterocycles. The number of nitrogens with one attached hydrogen (secondary N) is 2. The third-order valence-corrected chi connectivity index (χ3v) is 4.49. The maximum absolute atomic E-state index is 12.7. The summed E-state index contributed by atoms with van der Waals surface area (Å²) in [6.07, 6.45) is 1.05. The number of rotatable bonds is 1. The summed E-state index contributed by atoms with van der Waals surface area (Å²) in [6.45, 7) is 4.00. The molecule has 3 N–H and O–H groups in total. The summed E-state index contributed by atoms with van der Waals surface area (Å²) in [7, 11) is 0. The van der Waals surface area contributed by atoms with E-state index in [4.69, 9.17) is 0 Å². The van der Waals surface area contributed by atoms with Crippen LogP contribution < -0.4 is 10.6 Å². The van der Waals surface area contributed by atoms with Gasteiger partial charge in [-0.15, -0.1) is 0 Å². The minimum atomic E-state index is -0.252. The number of para-hydroxylation sites is 2. The molecule has 1 atom stereocenters. The van der Waals surface area contributed by atoms with E-state index < -0.39 is 0 Å². The first-order chi connectivity index (χ1) is 11.6. The number of aromatic hydroxyl groups is 1. The second-order valence-electron chi connectivity index (χ2n) is 6.26. The smallest absolute Gasteiger partial charge is 0.167 e. The van der Waals surface area contributed by atoms with Gasteiger partial charge in [-0.05, 0) is 29.8 Å². The number of anilines is 2. The minimum absolute atomic E-state index is 0.0899. The van der Waals surface area contributed by atoms with Gasteiger partial charge in [0.05, 0.1) is 17.4 Å². The van der Waals surface area contributed by atoms with E-state index in [0.29, 0.717) is 12.8 Å². The molecule has 2 aromatic rings. The van der Waals surface area contributed by atoms with Gasteiger partial charge < -0.3 is 15.7 Å².